The number of halogens is 1. The third-order valence-electron chi connectivity index (χ3n) is 3.78. The first-order valence-corrected chi connectivity index (χ1v) is 5.41. The maximum absolute atomic E-state index is 11.6. The third-order valence-corrected chi connectivity index (χ3v) is 5.26. The summed E-state index contributed by atoms with van der Waals surface area (Å²) in [7, 11) is 0. The fraction of sp³-hybridized carbons (Fsp3) is 0.700. The van der Waals surface area contributed by atoms with Crippen LogP contribution in [0.1, 0.15) is 19.3 Å². The van der Waals surface area contributed by atoms with Gasteiger partial charge in [-0.2, -0.15) is 0 Å². The highest BCUT2D eigenvalue weighted by molar-refractivity contribution is 9.10. The van der Waals surface area contributed by atoms with Crippen LogP contribution in [0.3, 0.4) is 0 Å². The Morgan fingerprint density at radius 2 is 2.33 bits per heavy atom. The Balaban J connectivity index is 2.10. The van der Waals surface area contributed by atoms with Crippen molar-refractivity contribution in [1.29, 1.82) is 0 Å². The van der Waals surface area contributed by atoms with Crippen molar-refractivity contribution in [3.8, 4) is 0 Å². The molecule has 0 spiro atoms. The molecule has 0 radical (unpaired) electrons. The molecular weight excluding hydrogens is 216 g/mol. The van der Waals surface area contributed by atoms with Crippen molar-refractivity contribution in [2.75, 3.05) is 0 Å². The molecule has 64 valence electrons. The fourth-order valence-corrected chi connectivity index (χ4v) is 4.37. The van der Waals surface area contributed by atoms with Gasteiger partial charge in [0.2, 0.25) is 0 Å². The highest BCUT2D eigenvalue weighted by Gasteiger charge is 2.60. The van der Waals surface area contributed by atoms with Gasteiger partial charge in [0.15, 0.2) is 0 Å². The van der Waals surface area contributed by atoms with Crippen molar-refractivity contribution in [1.82, 2.24) is 0 Å². The summed E-state index contributed by atoms with van der Waals surface area (Å²) in [6.07, 6.45) is 7.61. The molecule has 2 bridgehead atoms. The van der Waals surface area contributed by atoms with Gasteiger partial charge >= 0.3 is 0 Å². The zero-order valence-corrected chi connectivity index (χ0v) is 8.38. The minimum absolute atomic E-state index is 0.170. The van der Waals surface area contributed by atoms with Crippen molar-refractivity contribution in [2.45, 2.75) is 23.6 Å². The predicted molar refractivity (Wildman–Crippen MR) is 50.1 cm³/mol. The third kappa shape index (κ3) is 0.642. The minimum atomic E-state index is 0.170. The van der Waals surface area contributed by atoms with Crippen LogP contribution in [0.5, 0.6) is 0 Å². The van der Waals surface area contributed by atoms with Crippen molar-refractivity contribution in [2.24, 2.45) is 17.8 Å². The van der Waals surface area contributed by atoms with Crippen molar-refractivity contribution in [3.05, 3.63) is 12.2 Å². The van der Waals surface area contributed by atoms with Gasteiger partial charge in [0, 0.05) is 16.7 Å². The molecule has 0 N–H and O–H groups in total. The minimum Gasteiger partial charge on any atom is -0.299 e. The second-order valence-corrected chi connectivity index (χ2v) is 5.74. The molecule has 0 aromatic rings. The van der Waals surface area contributed by atoms with E-state index >= 15 is 0 Å². The van der Waals surface area contributed by atoms with E-state index in [0.717, 1.165) is 12.8 Å². The lowest BCUT2D eigenvalue weighted by Gasteiger charge is -2.29. The van der Waals surface area contributed by atoms with E-state index in [2.05, 4.69) is 28.1 Å². The zero-order chi connectivity index (χ0) is 8.34. The van der Waals surface area contributed by atoms with Gasteiger partial charge in [0.1, 0.15) is 5.78 Å². The van der Waals surface area contributed by atoms with E-state index in [4.69, 9.17) is 0 Å². The second-order valence-electron chi connectivity index (χ2n) is 4.26. The van der Waals surface area contributed by atoms with E-state index in [9.17, 15) is 4.79 Å². The molecule has 3 aliphatic rings. The molecule has 12 heavy (non-hydrogen) atoms. The molecule has 0 saturated heterocycles. The van der Waals surface area contributed by atoms with Crippen LogP contribution in [0.15, 0.2) is 12.2 Å². The summed E-state index contributed by atoms with van der Waals surface area (Å²) in [6, 6.07) is 0. The maximum Gasteiger partial charge on any atom is 0.138 e. The first kappa shape index (κ1) is 7.31. The molecule has 2 fully saturated rings. The molecule has 1 nitrogen and oxygen atoms in total. The van der Waals surface area contributed by atoms with E-state index in [0.29, 0.717) is 23.5 Å². The number of hydrogen-bond acceptors (Lipinski definition) is 1. The molecule has 3 aliphatic carbocycles. The molecule has 0 unspecified atom stereocenters. The van der Waals surface area contributed by atoms with Crippen LogP contribution in [0.4, 0.5) is 0 Å². The van der Waals surface area contributed by atoms with Gasteiger partial charge in [-0.25, -0.2) is 0 Å². The Morgan fingerprint density at radius 1 is 1.50 bits per heavy atom. The van der Waals surface area contributed by atoms with Gasteiger partial charge in [0.05, 0.1) is 0 Å². The van der Waals surface area contributed by atoms with Gasteiger partial charge in [-0.05, 0) is 24.7 Å². The topological polar surface area (TPSA) is 17.1 Å². The maximum atomic E-state index is 11.6. The molecule has 0 heterocycles. The standard InChI is InChI=1S/C10H11BrO/c11-10-4-3-8(12)9(10)6-1-2-7(10)5-6/h1-2,6-7,9H,3-5H2/t6-,7+,9+,10-/m1/s1. The largest absolute Gasteiger partial charge is 0.299 e. The average molecular weight is 227 g/mol. The van der Waals surface area contributed by atoms with E-state index in [1.54, 1.807) is 0 Å². The second kappa shape index (κ2) is 2.03. The molecule has 2 saturated carbocycles. The average Bonchev–Trinajstić information content (AvgIpc) is 2.63. The molecule has 0 aromatic carbocycles. The van der Waals surface area contributed by atoms with Gasteiger partial charge in [-0.15, -0.1) is 0 Å². The van der Waals surface area contributed by atoms with Crippen LogP contribution in [-0.2, 0) is 4.79 Å². The first-order chi connectivity index (χ1) is 5.72. The van der Waals surface area contributed by atoms with E-state index in [-0.39, 0.29) is 4.32 Å². The summed E-state index contributed by atoms with van der Waals surface area (Å²) in [5.41, 5.74) is 0. The number of hydrogen-bond donors (Lipinski definition) is 0. The van der Waals surface area contributed by atoms with Crippen molar-refractivity contribution in [3.63, 3.8) is 0 Å². The molecule has 0 aliphatic heterocycles. The molecule has 0 aromatic heterocycles. The number of fused-ring (bicyclic) bond motifs is 5. The number of Topliss-reactive ketones (excluding diaryl/α,β-unsaturated/α-hetero) is 1. The number of ketones is 1. The van der Waals surface area contributed by atoms with E-state index in [1.165, 1.54) is 6.42 Å². The van der Waals surface area contributed by atoms with Crippen LogP contribution in [-0.4, -0.2) is 10.1 Å². The smallest absolute Gasteiger partial charge is 0.138 e. The van der Waals surface area contributed by atoms with Crippen LogP contribution < -0.4 is 0 Å². The number of rotatable bonds is 0. The van der Waals surface area contributed by atoms with Gasteiger partial charge < -0.3 is 0 Å². The Bertz CT molecular complexity index is 284. The number of alkyl halides is 1. The summed E-state index contributed by atoms with van der Waals surface area (Å²) >= 11 is 3.80. The Morgan fingerprint density at radius 3 is 3.08 bits per heavy atom. The van der Waals surface area contributed by atoms with Crippen LogP contribution >= 0.6 is 15.9 Å². The first-order valence-electron chi connectivity index (χ1n) is 4.62. The summed E-state index contributed by atoms with van der Waals surface area (Å²) < 4.78 is 0.170. The molecular formula is C10H11BrO. The Hall–Kier alpha value is -0.110. The Kier molecular flexibility index (Phi) is 1.24. The van der Waals surface area contributed by atoms with Crippen LogP contribution in [0, 0.1) is 17.8 Å². The highest BCUT2D eigenvalue weighted by atomic mass is 79.9. The number of carbonyl (C=O) groups is 1. The fourth-order valence-electron chi connectivity index (χ4n) is 3.23. The molecule has 3 rings (SSSR count). The summed E-state index contributed by atoms with van der Waals surface area (Å²) in [6.45, 7) is 0. The lowest BCUT2D eigenvalue weighted by atomic mass is 9.85. The van der Waals surface area contributed by atoms with E-state index < -0.39 is 0 Å². The van der Waals surface area contributed by atoms with Crippen molar-refractivity contribution < 1.29 is 4.79 Å². The number of allylic oxidation sites excluding steroid dienone is 2. The zero-order valence-electron chi connectivity index (χ0n) is 6.79. The van der Waals surface area contributed by atoms with Crippen LogP contribution in [0.2, 0.25) is 0 Å². The normalized spacial score (nSPS) is 55.1. The lowest BCUT2D eigenvalue weighted by molar-refractivity contribution is -0.121. The number of carbonyl (C=O) groups excluding carboxylic acids is 1. The quantitative estimate of drug-likeness (QED) is 0.458. The molecule has 2 heteroatoms. The molecule has 0 amide bonds. The molecule has 4 atom stereocenters. The van der Waals surface area contributed by atoms with Crippen molar-refractivity contribution >= 4 is 21.7 Å². The van der Waals surface area contributed by atoms with Gasteiger partial charge in [-0.3, -0.25) is 4.79 Å². The van der Waals surface area contributed by atoms with E-state index in [1.807, 2.05) is 0 Å². The highest BCUT2D eigenvalue weighted by Crippen LogP contribution is 2.61. The SMILES string of the molecule is O=C1CC[C@]2(Br)[C@H]1[C@@H]1C=C[C@H]2C1. The van der Waals surface area contributed by atoms with Crippen LogP contribution in [0.25, 0.3) is 0 Å². The monoisotopic (exact) mass is 226 g/mol. The van der Waals surface area contributed by atoms with Gasteiger partial charge in [-0.1, -0.05) is 28.1 Å². The lowest BCUT2D eigenvalue weighted by Crippen LogP contribution is -2.32. The van der Waals surface area contributed by atoms with Gasteiger partial charge in [0.25, 0.3) is 0 Å². The Labute approximate surface area is 80.3 Å². The summed E-state index contributed by atoms with van der Waals surface area (Å²) in [4.78, 5) is 11.6. The summed E-state index contributed by atoms with van der Waals surface area (Å²) in [5.74, 6) is 2.00. The predicted octanol–water partition coefficient (Wildman–Crippen LogP) is 2.31. The summed E-state index contributed by atoms with van der Waals surface area (Å²) in [5, 5.41) is 0.